The number of rotatable bonds is 4. The van der Waals surface area contributed by atoms with Gasteiger partial charge in [0, 0.05) is 15.0 Å². The van der Waals surface area contributed by atoms with Gasteiger partial charge in [-0.1, -0.05) is 0 Å². The maximum atomic E-state index is 13.1. The lowest BCUT2D eigenvalue weighted by Crippen LogP contribution is -2.30. The standard InChI is InChI=1S/C14H12BrFINOS/c1-2-18(8-10-4-6-13(15)20-10)14(19)11-5-3-9(16)7-12(11)17/h3-7H,2,8H2,1H3. The molecule has 0 saturated carbocycles. The van der Waals surface area contributed by atoms with Crippen LogP contribution in [0, 0.1) is 9.39 Å². The van der Waals surface area contributed by atoms with Gasteiger partial charge in [-0.05, 0) is 75.8 Å². The van der Waals surface area contributed by atoms with E-state index in [1.807, 2.05) is 41.6 Å². The van der Waals surface area contributed by atoms with Gasteiger partial charge >= 0.3 is 0 Å². The zero-order valence-corrected chi connectivity index (χ0v) is 15.3. The largest absolute Gasteiger partial charge is 0.334 e. The van der Waals surface area contributed by atoms with E-state index in [-0.39, 0.29) is 11.7 Å². The smallest absolute Gasteiger partial charge is 0.255 e. The lowest BCUT2D eigenvalue weighted by molar-refractivity contribution is 0.0753. The maximum absolute atomic E-state index is 13.1. The summed E-state index contributed by atoms with van der Waals surface area (Å²) in [5.41, 5.74) is 0.546. The molecule has 20 heavy (non-hydrogen) atoms. The van der Waals surface area contributed by atoms with Crippen molar-refractivity contribution < 1.29 is 9.18 Å². The zero-order valence-electron chi connectivity index (χ0n) is 10.7. The van der Waals surface area contributed by atoms with E-state index >= 15 is 0 Å². The highest BCUT2D eigenvalue weighted by molar-refractivity contribution is 14.1. The number of hydrogen-bond donors (Lipinski definition) is 0. The van der Waals surface area contributed by atoms with E-state index in [0.29, 0.717) is 22.2 Å². The molecule has 1 aromatic carbocycles. The minimum Gasteiger partial charge on any atom is -0.334 e. The molecule has 1 amide bonds. The van der Waals surface area contributed by atoms with Crippen molar-refractivity contribution in [3.8, 4) is 0 Å². The van der Waals surface area contributed by atoms with Gasteiger partial charge < -0.3 is 4.90 Å². The van der Waals surface area contributed by atoms with Crippen LogP contribution in [0.15, 0.2) is 34.1 Å². The number of thiophene rings is 1. The molecule has 0 aliphatic rings. The number of hydrogen-bond acceptors (Lipinski definition) is 2. The summed E-state index contributed by atoms with van der Waals surface area (Å²) in [6, 6.07) is 8.22. The molecule has 0 radical (unpaired) electrons. The van der Waals surface area contributed by atoms with Crippen LogP contribution in [-0.2, 0) is 6.54 Å². The fourth-order valence-electron chi connectivity index (χ4n) is 1.79. The third kappa shape index (κ3) is 3.79. The van der Waals surface area contributed by atoms with Crippen molar-refractivity contribution in [1.82, 2.24) is 4.90 Å². The molecule has 2 aromatic rings. The fraction of sp³-hybridized carbons (Fsp3) is 0.214. The van der Waals surface area contributed by atoms with Crippen LogP contribution >= 0.6 is 49.9 Å². The third-order valence-corrected chi connectivity index (χ3v) is 5.31. The van der Waals surface area contributed by atoms with E-state index in [9.17, 15) is 9.18 Å². The molecular formula is C14H12BrFINOS. The summed E-state index contributed by atoms with van der Waals surface area (Å²) < 4.78 is 14.8. The summed E-state index contributed by atoms with van der Waals surface area (Å²) in [4.78, 5) is 15.4. The number of carbonyl (C=O) groups excluding carboxylic acids is 1. The highest BCUT2D eigenvalue weighted by Gasteiger charge is 2.18. The quantitative estimate of drug-likeness (QED) is 0.584. The molecule has 106 valence electrons. The van der Waals surface area contributed by atoms with Crippen LogP contribution in [0.25, 0.3) is 0 Å². The summed E-state index contributed by atoms with van der Waals surface area (Å²) in [5, 5.41) is 0. The van der Waals surface area contributed by atoms with Crippen molar-refractivity contribution in [3.63, 3.8) is 0 Å². The van der Waals surface area contributed by atoms with Crippen LogP contribution in [0.1, 0.15) is 22.2 Å². The van der Waals surface area contributed by atoms with Gasteiger partial charge in [0.05, 0.1) is 15.9 Å². The molecule has 0 unspecified atom stereocenters. The van der Waals surface area contributed by atoms with Crippen LogP contribution in [0.3, 0.4) is 0 Å². The molecule has 0 bridgehead atoms. The van der Waals surface area contributed by atoms with E-state index in [2.05, 4.69) is 15.9 Å². The van der Waals surface area contributed by atoms with Crippen molar-refractivity contribution in [2.45, 2.75) is 13.5 Å². The zero-order chi connectivity index (χ0) is 14.7. The fourth-order valence-corrected chi connectivity index (χ4v) is 3.99. The summed E-state index contributed by atoms with van der Waals surface area (Å²) >= 11 is 7.02. The Morgan fingerprint density at radius 3 is 2.70 bits per heavy atom. The Morgan fingerprint density at radius 2 is 2.15 bits per heavy atom. The van der Waals surface area contributed by atoms with Crippen molar-refractivity contribution in [1.29, 1.82) is 0 Å². The predicted molar refractivity (Wildman–Crippen MR) is 91.6 cm³/mol. The van der Waals surface area contributed by atoms with E-state index < -0.39 is 0 Å². The first-order chi connectivity index (χ1) is 9.51. The van der Waals surface area contributed by atoms with Crippen molar-refractivity contribution >= 4 is 55.8 Å². The molecule has 0 atom stereocenters. The van der Waals surface area contributed by atoms with Crippen LogP contribution in [0.2, 0.25) is 0 Å². The Bertz CT molecular complexity index is 631. The van der Waals surface area contributed by atoms with Crippen molar-refractivity contribution in [3.05, 3.63) is 53.9 Å². The van der Waals surface area contributed by atoms with Crippen molar-refractivity contribution in [2.24, 2.45) is 0 Å². The van der Waals surface area contributed by atoms with Gasteiger partial charge in [-0.25, -0.2) is 4.39 Å². The number of carbonyl (C=O) groups is 1. The van der Waals surface area contributed by atoms with Crippen LogP contribution in [-0.4, -0.2) is 17.4 Å². The highest BCUT2D eigenvalue weighted by atomic mass is 127. The first-order valence-corrected chi connectivity index (χ1v) is 8.68. The minimum atomic E-state index is -0.323. The number of benzene rings is 1. The molecule has 0 spiro atoms. The van der Waals surface area contributed by atoms with Gasteiger partial charge in [-0.2, -0.15) is 0 Å². The molecule has 6 heteroatoms. The average Bonchev–Trinajstić information content (AvgIpc) is 2.81. The van der Waals surface area contributed by atoms with Gasteiger partial charge in [-0.15, -0.1) is 11.3 Å². The molecule has 0 aliphatic carbocycles. The molecule has 0 saturated heterocycles. The van der Waals surface area contributed by atoms with Gasteiger partial charge in [0.1, 0.15) is 5.82 Å². The van der Waals surface area contributed by atoms with Crippen LogP contribution < -0.4 is 0 Å². The summed E-state index contributed by atoms with van der Waals surface area (Å²) in [7, 11) is 0. The molecule has 0 fully saturated rings. The minimum absolute atomic E-state index is 0.0681. The van der Waals surface area contributed by atoms with E-state index in [1.165, 1.54) is 12.1 Å². The second kappa shape index (κ2) is 7.00. The summed E-state index contributed by atoms with van der Waals surface area (Å²) in [6.07, 6.45) is 0. The van der Waals surface area contributed by atoms with Crippen molar-refractivity contribution in [2.75, 3.05) is 6.54 Å². The highest BCUT2D eigenvalue weighted by Crippen LogP contribution is 2.24. The molecule has 0 N–H and O–H groups in total. The van der Waals surface area contributed by atoms with Gasteiger partial charge in [0.2, 0.25) is 0 Å². The monoisotopic (exact) mass is 467 g/mol. The molecule has 2 nitrogen and oxygen atoms in total. The Hall–Kier alpha value is -0.470. The Labute approximate surface area is 143 Å². The van der Waals surface area contributed by atoms with Gasteiger partial charge in [0.15, 0.2) is 0 Å². The van der Waals surface area contributed by atoms with E-state index in [4.69, 9.17) is 0 Å². The number of amides is 1. The van der Waals surface area contributed by atoms with E-state index in [0.717, 1.165) is 8.66 Å². The van der Waals surface area contributed by atoms with Gasteiger partial charge in [0.25, 0.3) is 5.91 Å². The Balaban J connectivity index is 2.20. The summed E-state index contributed by atoms with van der Waals surface area (Å²) in [6.45, 7) is 3.12. The molecule has 2 rings (SSSR count). The molecule has 0 aliphatic heterocycles. The first kappa shape index (κ1) is 15.9. The average molecular weight is 468 g/mol. The molecule has 1 heterocycles. The Kier molecular flexibility index (Phi) is 5.57. The van der Waals surface area contributed by atoms with Gasteiger partial charge in [-0.3, -0.25) is 4.79 Å². The summed E-state index contributed by atoms with van der Waals surface area (Å²) in [5.74, 6) is -0.391. The maximum Gasteiger partial charge on any atom is 0.255 e. The number of halogens is 3. The topological polar surface area (TPSA) is 20.3 Å². The second-order valence-corrected chi connectivity index (χ2v) is 7.86. The van der Waals surface area contributed by atoms with E-state index in [1.54, 1.807) is 22.3 Å². The van der Waals surface area contributed by atoms with Crippen LogP contribution in [0.4, 0.5) is 4.39 Å². The SMILES string of the molecule is CCN(Cc1ccc(Br)s1)C(=O)c1ccc(F)cc1I. The number of nitrogens with zero attached hydrogens (tertiary/aromatic N) is 1. The Morgan fingerprint density at radius 1 is 1.40 bits per heavy atom. The first-order valence-electron chi connectivity index (χ1n) is 5.99. The second-order valence-electron chi connectivity index (χ2n) is 4.15. The molecular weight excluding hydrogens is 456 g/mol. The lowest BCUT2D eigenvalue weighted by Gasteiger charge is -2.20. The third-order valence-electron chi connectivity index (χ3n) is 2.81. The van der Waals surface area contributed by atoms with Crippen LogP contribution in [0.5, 0.6) is 0 Å². The molecule has 1 aromatic heterocycles. The predicted octanol–water partition coefficient (Wildman–Crippen LogP) is 4.92. The lowest BCUT2D eigenvalue weighted by atomic mass is 10.2. The normalized spacial score (nSPS) is 10.6.